The smallest absolute Gasteiger partial charge is 0.275 e. The molecule has 1 aromatic heterocycles. The lowest BCUT2D eigenvalue weighted by Crippen LogP contribution is -2.45. The predicted octanol–water partition coefficient (Wildman–Crippen LogP) is 1.46. The fraction of sp³-hybridized carbons (Fsp3) is 0.667. The van der Waals surface area contributed by atoms with Gasteiger partial charge in [0.2, 0.25) is 5.09 Å². The van der Waals surface area contributed by atoms with E-state index in [1.807, 2.05) is 6.92 Å². The van der Waals surface area contributed by atoms with Crippen LogP contribution in [0.3, 0.4) is 0 Å². The van der Waals surface area contributed by atoms with Crippen LogP contribution in [0.15, 0.2) is 15.6 Å². The molecule has 24 heavy (non-hydrogen) atoms. The lowest BCUT2D eigenvalue weighted by molar-refractivity contribution is 0.0659. The van der Waals surface area contributed by atoms with Crippen molar-refractivity contribution in [3.05, 3.63) is 17.4 Å². The van der Waals surface area contributed by atoms with Crippen molar-refractivity contribution in [1.82, 2.24) is 9.21 Å². The van der Waals surface area contributed by atoms with Gasteiger partial charge in [-0.15, -0.1) is 12.4 Å². The maximum Gasteiger partial charge on any atom is 0.275 e. The van der Waals surface area contributed by atoms with Gasteiger partial charge in [-0.05, 0) is 32.6 Å². The largest absolute Gasteiger partial charge is 0.448 e. The molecule has 0 saturated carbocycles. The van der Waals surface area contributed by atoms with Crippen LogP contribution in [0.25, 0.3) is 0 Å². The van der Waals surface area contributed by atoms with E-state index in [1.54, 1.807) is 11.8 Å². The number of hydrogen-bond donors (Lipinski definition) is 1. The summed E-state index contributed by atoms with van der Waals surface area (Å²) in [5.74, 6) is 0.389. The van der Waals surface area contributed by atoms with Crippen molar-refractivity contribution < 1.29 is 17.6 Å². The zero-order valence-corrected chi connectivity index (χ0v) is 16.1. The molecular weight excluding hydrogens is 354 g/mol. The highest BCUT2D eigenvalue weighted by atomic mass is 35.5. The number of amides is 1. The van der Waals surface area contributed by atoms with E-state index in [0.717, 1.165) is 17.1 Å². The summed E-state index contributed by atoms with van der Waals surface area (Å²) < 4.78 is 30.6. The Kier molecular flexibility index (Phi) is 6.86. The van der Waals surface area contributed by atoms with Crippen molar-refractivity contribution in [2.45, 2.75) is 37.8 Å². The molecule has 9 heteroatoms. The second kappa shape index (κ2) is 7.86. The van der Waals surface area contributed by atoms with Gasteiger partial charge in [0, 0.05) is 39.3 Å². The molecule has 1 aliphatic rings. The molecule has 0 aromatic carbocycles. The van der Waals surface area contributed by atoms with Crippen LogP contribution < -0.4 is 5.73 Å². The highest BCUT2D eigenvalue weighted by Gasteiger charge is 2.31. The molecule has 7 nitrogen and oxygen atoms in total. The van der Waals surface area contributed by atoms with Crippen molar-refractivity contribution in [2.75, 3.05) is 27.2 Å². The van der Waals surface area contributed by atoms with E-state index in [1.165, 1.54) is 20.2 Å². The van der Waals surface area contributed by atoms with E-state index >= 15 is 0 Å². The minimum Gasteiger partial charge on any atom is -0.448 e. The van der Waals surface area contributed by atoms with Crippen LogP contribution in [0.5, 0.6) is 0 Å². The molecule has 2 heterocycles. The Balaban J connectivity index is 0.00000288. The predicted molar refractivity (Wildman–Crippen MR) is 93.8 cm³/mol. The summed E-state index contributed by atoms with van der Waals surface area (Å²) >= 11 is 0. The molecule has 2 rings (SSSR count). The summed E-state index contributed by atoms with van der Waals surface area (Å²) in [6, 6.07) is 1.35. The second-order valence-corrected chi connectivity index (χ2v) is 8.42. The number of sulfonamides is 1. The van der Waals surface area contributed by atoms with Crippen LogP contribution in [0, 0.1) is 12.8 Å². The van der Waals surface area contributed by atoms with Crippen molar-refractivity contribution in [3.63, 3.8) is 0 Å². The average Bonchev–Trinajstić information content (AvgIpc) is 2.89. The molecule has 1 fully saturated rings. The number of rotatable bonds is 4. The topological polar surface area (TPSA) is 96.8 Å². The number of halogens is 1. The van der Waals surface area contributed by atoms with Gasteiger partial charge >= 0.3 is 0 Å². The van der Waals surface area contributed by atoms with Crippen LogP contribution in [-0.4, -0.2) is 56.8 Å². The van der Waals surface area contributed by atoms with Crippen LogP contribution >= 0.6 is 12.4 Å². The fourth-order valence-electron chi connectivity index (χ4n) is 2.77. The van der Waals surface area contributed by atoms with Crippen molar-refractivity contribution in [3.8, 4) is 0 Å². The maximum atomic E-state index is 12.7. The van der Waals surface area contributed by atoms with Gasteiger partial charge in [-0.2, -0.15) is 0 Å². The highest BCUT2D eigenvalue weighted by molar-refractivity contribution is 7.88. The maximum absolute atomic E-state index is 12.7. The van der Waals surface area contributed by atoms with E-state index < -0.39 is 10.0 Å². The number of nitrogens with zero attached hydrogens (tertiary/aromatic N) is 2. The Labute approximate surface area is 149 Å². The number of likely N-dealkylation sites (tertiary alicyclic amines) is 1. The normalized spacial score (nSPS) is 19.9. The van der Waals surface area contributed by atoms with Gasteiger partial charge in [0.25, 0.3) is 15.9 Å². The van der Waals surface area contributed by atoms with Crippen LogP contribution in [-0.2, 0) is 10.0 Å². The molecule has 1 amide bonds. The fourth-order valence-corrected chi connectivity index (χ4v) is 3.63. The molecule has 0 spiro atoms. The summed E-state index contributed by atoms with van der Waals surface area (Å²) in [6.07, 6.45) is 1.91. The number of piperidine rings is 1. The second-order valence-electron chi connectivity index (χ2n) is 6.34. The minimum atomic E-state index is -3.69. The minimum absolute atomic E-state index is 0. The lowest BCUT2D eigenvalue weighted by Gasteiger charge is -2.34. The molecule has 1 aromatic rings. The van der Waals surface area contributed by atoms with Crippen LogP contribution in [0.2, 0.25) is 0 Å². The van der Waals surface area contributed by atoms with E-state index in [9.17, 15) is 13.2 Å². The van der Waals surface area contributed by atoms with E-state index in [2.05, 4.69) is 0 Å². The number of carbonyl (C=O) groups is 1. The Bertz CT molecular complexity index is 685. The zero-order chi connectivity index (χ0) is 17.4. The van der Waals surface area contributed by atoms with Crippen molar-refractivity contribution >= 4 is 28.3 Å². The monoisotopic (exact) mass is 379 g/mol. The first-order valence-corrected chi connectivity index (χ1v) is 9.16. The first-order valence-electron chi connectivity index (χ1n) is 7.72. The van der Waals surface area contributed by atoms with Gasteiger partial charge in [-0.3, -0.25) is 4.79 Å². The third-order valence-corrected chi connectivity index (χ3v) is 6.02. The number of furan rings is 1. The number of carbonyl (C=O) groups excluding carboxylic acids is 1. The van der Waals surface area contributed by atoms with E-state index in [-0.39, 0.29) is 35.4 Å². The summed E-state index contributed by atoms with van der Waals surface area (Å²) in [6.45, 7) is 4.80. The van der Waals surface area contributed by atoms with Gasteiger partial charge in [0.05, 0.1) is 5.56 Å². The summed E-state index contributed by atoms with van der Waals surface area (Å²) in [5.41, 5.74) is 6.25. The van der Waals surface area contributed by atoms with Gasteiger partial charge in [0.15, 0.2) is 0 Å². The summed E-state index contributed by atoms with van der Waals surface area (Å²) in [7, 11) is -0.845. The van der Waals surface area contributed by atoms with Crippen molar-refractivity contribution in [2.24, 2.45) is 11.7 Å². The standard InChI is InChI=1S/C15H25N3O4S.ClH/c1-10(16)12-6-5-7-18(9-12)15(19)13-8-14(22-11(13)2)23(20,21)17(3)4;/h8,10,12H,5-7,9,16H2,1-4H3;1H. The first kappa shape index (κ1) is 21.0. The number of hydrogen-bond acceptors (Lipinski definition) is 5. The van der Waals surface area contributed by atoms with Gasteiger partial charge < -0.3 is 15.1 Å². The third kappa shape index (κ3) is 4.11. The summed E-state index contributed by atoms with van der Waals surface area (Å²) in [5, 5.41) is -0.205. The highest BCUT2D eigenvalue weighted by Crippen LogP contribution is 2.25. The Morgan fingerprint density at radius 2 is 2.08 bits per heavy atom. The van der Waals surface area contributed by atoms with Crippen LogP contribution in [0.1, 0.15) is 35.9 Å². The molecule has 0 bridgehead atoms. The zero-order valence-electron chi connectivity index (χ0n) is 14.5. The molecule has 0 radical (unpaired) electrons. The summed E-state index contributed by atoms with van der Waals surface area (Å²) in [4.78, 5) is 14.5. The molecule has 2 atom stereocenters. The van der Waals surface area contributed by atoms with E-state index in [0.29, 0.717) is 24.4 Å². The third-order valence-electron chi connectivity index (χ3n) is 4.35. The Morgan fingerprint density at radius 1 is 1.46 bits per heavy atom. The van der Waals surface area contributed by atoms with E-state index in [4.69, 9.17) is 10.2 Å². The first-order chi connectivity index (χ1) is 10.6. The van der Waals surface area contributed by atoms with Gasteiger partial charge in [-0.25, -0.2) is 12.7 Å². The van der Waals surface area contributed by atoms with Crippen LogP contribution in [0.4, 0.5) is 0 Å². The van der Waals surface area contributed by atoms with Gasteiger partial charge in [-0.1, -0.05) is 0 Å². The Hall–Kier alpha value is -1.09. The molecule has 1 aliphatic heterocycles. The SMILES string of the molecule is Cc1oc(S(=O)(=O)N(C)C)cc1C(=O)N1CCCC(C(C)N)C1.Cl. The molecule has 2 N–H and O–H groups in total. The number of aryl methyl sites for hydroxylation is 1. The lowest BCUT2D eigenvalue weighted by atomic mass is 9.92. The molecular formula is C15H26ClN3O4S. The van der Waals surface area contributed by atoms with Crippen molar-refractivity contribution in [1.29, 1.82) is 0 Å². The Morgan fingerprint density at radius 3 is 2.62 bits per heavy atom. The van der Waals surface area contributed by atoms with Gasteiger partial charge in [0.1, 0.15) is 5.76 Å². The average molecular weight is 380 g/mol. The molecule has 2 unspecified atom stereocenters. The molecule has 138 valence electrons. The molecule has 1 saturated heterocycles. The molecule has 0 aliphatic carbocycles. The number of nitrogens with two attached hydrogens (primary N) is 1. The quantitative estimate of drug-likeness (QED) is 0.854.